The third-order valence-corrected chi connectivity index (χ3v) is 3.32. The molecule has 0 aliphatic heterocycles. The second-order valence-corrected chi connectivity index (χ2v) is 4.66. The van der Waals surface area contributed by atoms with Crippen molar-refractivity contribution in [1.82, 2.24) is 4.98 Å². The van der Waals surface area contributed by atoms with Gasteiger partial charge in [-0.15, -0.1) is 0 Å². The number of nitrogens with two attached hydrogens (primary N) is 1. The van der Waals surface area contributed by atoms with E-state index in [0.717, 1.165) is 23.9 Å². The molecule has 1 aromatic heterocycles. The van der Waals surface area contributed by atoms with E-state index >= 15 is 0 Å². The Bertz CT molecular complexity index is 515. The predicted octanol–water partition coefficient (Wildman–Crippen LogP) is 2.24. The monoisotopic (exact) mass is 228 g/mol. The lowest BCUT2D eigenvalue weighted by Crippen LogP contribution is -2.41. The lowest BCUT2D eigenvalue weighted by Gasteiger charge is -2.32. The molecule has 1 fully saturated rings. The highest BCUT2D eigenvalue weighted by atomic mass is 16.5. The highest BCUT2D eigenvalue weighted by molar-refractivity contribution is 5.81. The number of ether oxygens (including phenoxy) is 1. The molecule has 0 amide bonds. The van der Waals surface area contributed by atoms with E-state index in [0.29, 0.717) is 18.8 Å². The van der Waals surface area contributed by atoms with Crippen LogP contribution in [0.5, 0.6) is 0 Å². The normalized spacial score (nSPS) is 23.6. The summed E-state index contributed by atoms with van der Waals surface area (Å²) in [6, 6.07) is 10.6. The molecular formula is C14H16N2O. The Hall–Kier alpha value is -1.45. The topological polar surface area (TPSA) is 48.1 Å². The first-order chi connectivity index (χ1) is 8.33. The van der Waals surface area contributed by atoms with Gasteiger partial charge in [-0.3, -0.25) is 4.98 Å². The zero-order valence-corrected chi connectivity index (χ0v) is 9.67. The maximum Gasteiger partial charge on any atom is 0.0757 e. The van der Waals surface area contributed by atoms with Gasteiger partial charge in [0.2, 0.25) is 0 Å². The van der Waals surface area contributed by atoms with E-state index in [1.54, 1.807) is 0 Å². The van der Waals surface area contributed by atoms with Crippen LogP contribution in [-0.4, -0.2) is 17.1 Å². The molecule has 3 rings (SSSR count). The van der Waals surface area contributed by atoms with E-state index in [1.165, 1.54) is 5.39 Å². The number of rotatable bonds is 3. The molecule has 1 heterocycles. The summed E-state index contributed by atoms with van der Waals surface area (Å²) in [4.78, 5) is 4.41. The minimum absolute atomic E-state index is 0.337. The minimum atomic E-state index is 0.337. The molecule has 1 saturated carbocycles. The molecule has 1 aliphatic carbocycles. The van der Waals surface area contributed by atoms with Crippen LogP contribution in [0.1, 0.15) is 18.4 Å². The maximum atomic E-state index is 5.82. The fraction of sp³-hybridized carbons (Fsp3) is 0.357. The Morgan fingerprint density at radius 1 is 1.24 bits per heavy atom. The molecule has 17 heavy (non-hydrogen) atoms. The van der Waals surface area contributed by atoms with Gasteiger partial charge in [-0.1, -0.05) is 24.3 Å². The van der Waals surface area contributed by atoms with Crippen LogP contribution in [0.2, 0.25) is 0 Å². The van der Waals surface area contributed by atoms with Gasteiger partial charge in [-0.2, -0.15) is 0 Å². The molecule has 3 nitrogen and oxygen atoms in total. The molecule has 0 saturated heterocycles. The van der Waals surface area contributed by atoms with Crippen molar-refractivity contribution in [2.24, 2.45) is 5.73 Å². The predicted molar refractivity (Wildman–Crippen MR) is 67.5 cm³/mol. The van der Waals surface area contributed by atoms with E-state index in [-0.39, 0.29) is 0 Å². The van der Waals surface area contributed by atoms with Crippen molar-refractivity contribution in [2.45, 2.75) is 31.6 Å². The summed E-state index contributed by atoms with van der Waals surface area (Å²) in [5, 5.41) is 1.17. The number of hydrogen-bond donors (Lipinski definition) is 1. The van der Waals surface area contributed by atoms with Crippen molar-refractivity contribution < 1.29 is 4.74 Å². The number of nitrogens with zero attached hydrogens (tertiary/aromatic N) is 1. The SMILES string of the molecule is NC1CC(OCc2cccc3cccnc23)C1. The van der Waals surface area contributed by atoms with Gasteiger partial charge in [0, 0.05) is 23.2 Å². The molecule has 88 valence electrons. The molecule has 0 spiro atoms. The minimum Gasteiger partial charge on any atom is -0.373 e. The Labute approximate surface area is 101 Å². The lowest BCUT2D eigenvalue weighted by atomic mass is 9.90. The highest BCUT2D eigenvalue weighted by Crippen LogP contribution is 2.24. The average Bonchev–Trinajstić information content (AvgIpc) is 2.33. The number of pyridine rings is 1. The Morgan fingerprint density at radius 3 is 2.88 bits per heavy atom. The van der Waals surface area contributed by atoms with Crippen LogP contribution in [0.25, 0.3) is 10.9 Å². The summed E-state index contributed by atoms with van der Waals surface area (Å²) >= 11 is 0. The third-order valence-electron chi connectivity index (χ3n) is 3.32. The van der Waals surface area contributed by atoms with Crippen LogP contribution >= 0.6 is 0 Å². The molecule has 0 radical (unpaired) electrons. The van der Waals surface area contributed by atoms with Gasteiger partial charge >= 0.3 is 0 Å². The molecule has 3 heteroatoms. The smallest absolute Gasteiger partial charge is 0.0757 e. The summed E-state index contributed by atoms with van der Waals surface area (Å²) in [5.41, 5.74) is 7.93. The van der Waals surface area contributed by atoms with Gasteiger partial charge in [0.05, 0.1) is 18.2 Å². The van der Waals surface area contributed by atoms with Crippen LogP contribution in [0, 0.1) is 0 Å². The lowest BCUT2D eigenvalue weighted by molar-refractivity contribution is -0.0184. The van der Waals surface area contributed by atoms with E-state index in [4.69, 9.17) is 10.5 Å². The number of para-hydroxylation sites is 1. The molecular weight excluding hydrogens is 212 g/mol. The van der Waals surface area contributed by atoms with Crippen molar-refractivity contribution in [3.63, 3.8) is 0 Å². The zero-order valence-electron chi connectivity index (χ0n) is 9.67. The van der Waals surface area contributed by atoms with Crippen LogP contribution in [-0.2, 0) is 11.3 Å². The van der Waals surface area contributed by atoms with Crippen molar-refractivity contribution in [3.05, 3.63) is 42.1 Å². The molecule has 0 unspecified atom stereocenters. The quantitative estimate of drug-likeness (QED) is 0.876. The molecule has 1 aromatic carbocycles. The average molecular weight is 228 g/mol. The fourth-order valence-electron chi connectivity index (χ4n) is 2.23. The summed E-state index contributed by atoms with van der Waals surface area (Å²) in [6.07, 6.45) is 4.13. The summed E-state index contributed by atoms with van der Waals surface area (Å²) < 4.78 is 5.82. The Morgan fingerprint density at radius 2 is 2.06 bits per heavy atom. The highest BCUT2D eigenvalue weighted by Gasteiger charge is 2.26. The second-order valence-electron chi connectivity index (χ2n) is 4.66. The maximum absolute atomic E-state index is 5.82. The van der Waals surface area contributed by atoms with Gasteiger partial charge in [0.1, 0.15) is 0 Å². The van der Waals surface area contributed by atoms with Gasteiger partial charge in [-0.05, 0) is 18.9 Å². The first-order valence-corrected chi connectivity index (χ1v) is 6.03. The van der Waals surface area contributed by atoms with Crippen molar-refractivity contribution in [3.8, 4) is 0 Å². The standard InChI is InChI=1S/C14H16N2O/c15-12-7-13(8-12)17-9-11-4-1-3-10-5-2-6-16-14(10)11/h1-6,12-13H,7-9,15H2. The van der Waals surface area contributed by atoms with Crippen LogP contribution in [0.3, 0.4) is 0 Å². The molecule has 2 N–H and O–H groups in total. The molecule has 2 aromatic rings. The van der Waals surface area contributed by atoms with E-state index in [9.17, 15) is 0 Å². The van der Waals surface area contributed by atoms with Gasteiger partial charge in [0.25, 0.3) is 0 Å². The Kier molecular flexibility index (Phi) is 2.79. The van der Waals surface area contributed by atoms with Crippen LogP contribution in [0.15, 0.2) is 36.5 Å². The second kappa shape index (κ2) is 4.43. The van der Waals surface area contributed by atoms with Crippen LogP contribution < -0.4 is 5.73 Å². The Balaban J connectivity index is 1.76. The number of benzene rings is 1. The zero-order chi connectivity index (χ0) is 11.7. The number of fused-ring (bicyclic) bond motifs is 1. The van der Waals surface area contributed by atoms with Crippen molar-refractivity contribution in [2.75, 3.05) is 0 Å². The van der Waals surface area contributed by atoms with E-state index in [2.05, 4.69) is 29.2 Å². The molecule has 0 atom stereocenters. The van der Waals surface area contributed by atoms with Crippen LogP contribution in [0.4, 0.5) is 0 Å². The van der Waals surface area contributed by atoms with Gasteiger partial charge < -0.3 is 10.5 Å². The third kappa shape index (κ3) is 2.16. The fourth-order valence-corrected chi connectivity index (χ4v) is 2.23. The number of hydrogen-bond acceptors (Lipinski definition) is 3. The summed E-state index contributed by atoms with van der Waals surface area (Å²) in [7, 11) is 0. The number of aromatic nitrogens is 1. The van der Waals surface area contributed by atoms with Crippen molar-refractivity contribution >= 4 is 10.9 Å². The first kappa shape index (κ1) is 10.7. The van der Waals surface area contributed by atoms with E-state index < -0.39 is 0 Å². The summed E-state index contributed by atoms with van der Waals surface area (Å²) in [6.45, 7) is 0.631. The van der Waals surface area contributed by atoms with Gasteiger partial charge in [0.15, 0.2) is 0 Å². The van der Waals surface area contributed by atoms with Crippen molar-refractivity contribution in [1.29, 1.82) is 0 Å². The molecule has 1 aliphatic rings. The van der Waals surface area contributed by atoms with Gasteiger partial charge in [-0.25, -0.2) is 0 Å². The molecule has 0 bridgehead atoms. The largest absolute Gasteiger partial charge is 0.373 e. The first-order valence-electron chi connectivity index (χ1n) is 6.03. The summed E-state index contributed by atoms with van der Waals surface area (Å²) in [5.74, 6) is 0. The van der Waals surface area contributed by atoms with E-state index in [1.807, 2.05) is 12.3 Å².